The molecule has 1 aromatic heterocycles. The van der Waals surface area contributed by atoms with E-state index in [2.05, 4.69) is 9.68 Å². The minimum atomic E-state index is -1.38. The Kier molecular flexibility index (Phi) is 1.63. The van der Waals surface area contributed by atoms with E-state index in [4.69, 9.17) is 5.11 Å². The molecule has 1 saturated carbocycles. The van der Waals surface area contributed by atoms with Gasteiger partial charge in [0, 0.05) is 6.07 Å². The number of aromatic nitrogens is 1. The number of hydrogen-bond donors (Lipinski definition) is 2. The highest BCUT2D eigenvalue weighted by molar-refractivity contribution is 5.75. The van der Waals surface area contributed by atoms with E-state index in [0.29, 0.717) is 18.5 Å². The molecule has 1 aromatic rings. The first-order valence-corrected chi connectivity index (χ1v) is 3.98. The Morgan fingerprint density at radius 2 is 2.38 bits per heavy atom. The number of aliphatic hydroxyl groups is 1. The van der Waals surface area contributed by atoms with Crippen LogP contribution >= 0.6 is 0 Å². The molecule has 1 aliphatic rings. The van der Waals surface area contributed by atoms with Crippen LogP contribution in [0.2, 0.25) is 0 Å². The zero-order valence-electron chi connectivity index (χ0n) is 6.80. The second-order valence-electron chi connectivity index (χ2n) is 3.28. The molecule has 0 aromatic carbocycles. The summed E-state index contributed by atoms with van der Waals surface area (Å²) >= 11 is 0. The van der Waals surface area contributed by atoms with Crippen LogP contribution in [0.4, 0.5) is 0 Å². The molecule has 1 aliphatic carbocycles. The molecule has 70 valence electrons. The Hall–Kier alpha value is -1.36. The molecular weight excluding hydrogens is 174 g/mol. The number of rotatable bonds is 3. The van der Waals surface area contributed by atoms with Crippen LogP contribution in [0.1, 0.15) is 18.5 Å². The van der Waals surface area contributed by atoms with Crippen LogP contribution in [0.3, 0.4) is 0 Å². The van der Waals surface area contributed by atoms with Gasteiger partial charge < -0.3 is 14.7 Å². The average Bonchev–Trinajstić information content (AvgIpc) is 2.72. The third kappa shape index (κ3) is 1.12. The average molecular weight is 183 g/mol. The summed E-state index contributed by atoms with van der Waals surface area (Å²) in [5, 5.41) is 21.7. The van der Waals surface area contributed by atoms with E-state index in [1.165, 1.54) is 6.26 Å². The van der Waals surface area contributed by atoms with Crippen molar-refractivity contribution in [1.29, 1.82) is 0 Å². The summed E-state index contributed by atoms with van der Waals surface area (Å²) < 4.78 is 4.62. The van der Waals surface area contributed by atoms with Crippen molar-refractivity contribution in [2.45, 2.75) is 24.4 Å². The zero-order chi connectivity index (χ0) is 9.47. The van der Waals surface area contributed by atoms with E-state index in [9.17, 15) is 9.90 Å². The van der Waals surface area contributed by atoms with Crippen LogP contribution in [-0.2, 0) is 10.2 Å². The van der Waals surface area contributed by atoms with Gasteiger partial charge in [0.2, 0.25) is 0 Å². The molecule has 1 atom stereocenters. The fourth-order valence-electron chi connectivity index (χ4n) is 1.51. The summed E-state index contributed by atoms with van der Waals surface area (Å²) in [6, 6.07) is 1.60. The lowest BCUT2D eigenvalue weighted by atomic mass is 9.95. The monoisotopic (exact) mass is 183 g/mol. The lowest BCUT2D eigenvalue weighted by Crippen LogP contribution is -2.34. The van der Waals surface area contributed by atoms with Crippen molar-refractivity contribution in [3.63, 3.8) is 0 Å². The topological polar surface area (TPSA) is 83.6 Å². The Bertz CT molecular complexity index is 315. The predicted molar refractivity (Wildman–Crippen MR) is 41.1 cm³/mol. The van der Waals surface area contributed by atoms with Crippen molar-refractivity contribution >= 4 is 5.97 Å². The molecule has 1 unspecified atom stereocenters. The number of carboxylic acid groups (broad SMARTS) is 1. The fraction of sp³-hybridized carbons (Fsp3) is 0.500. The second kappa shape index (κ2) is 2.56. The Balaban J connectivity index is 2.27. The van der Waals surface area contributed by atoms with Gasteiger partial charge in [-0.25, -0.2) is 4.79 Å². The van der Waals surface area contributed by atoms with Crippen LogP contribution in [0.25, 0.3) is 0 Å². The normalized spacial score (nSPS) is 21.0. The molecule has 2 rings (SSSR count). The van der Waals surface area contributed by atoms with Crippen molar-refractivity contribution in [2.75, 3.05) is 0 Å². The quantitative estimate of drug-likeness (QED) is 0.696. The third-order valence-corrected chi connectivity index (χ3v) is 2.49. The maximum absolute atomic E-state index is 10.6. The summed E-state index contributed by atoms with van der Waals surface area (Å²) in [7, 11) is 0. The van der Waals surface area contributed by atoms with Gasteiger partial charge in [-0.1, -0.05) is 5.16 Å². The van der Waals surface area contributed by atoms with E-state index in [-0.39, 0.29) is 0 Å². The lowest BCUT2D eigenvalue weighted by molar-refractivity contribution is -0.148. The number of hydrogen-bond acceptors (Lipinski definition) is 4. The summed E-state index contributed by atoms with van der Waals surface area (Å²) in [6.45, 7) is 0. The number of aliphatic hydroxyl groups excluding tert-OH is 1. The molecular formula is C8H9NO4. The smallest absolute Gasteiger partial charge is 0.333 e. The maximum Gasteiger partial charge on any atom is 0.333 e. The highest BCUT2D eigenvalue weighted by atomic mass is 16.5. The molecule has 0 aliphatic heterocycles. The van der Waals surface area contributed by atoms with Gasteiger partial charge in [0.1, 0.15) is 6.26 Å². The minimum Gasteiger partial charge on any atom is -0.479 e. The van der Waals surface area contributed by atoms with Gasteiger partial charge in [-0.15, -0.1) is 0 Å². The third-order valence-electron chi connectivity index (χ3n) is 2.49. The maximum atomic E-state index is 10.6. The molecule has 0 spiro atoms. The van der Waals surface area contributed by atoms with Gasteiger partial charge in [0.05, 0.1) is 11.1 Å². The van der Waals surface area contributed by atoms with Gasteiger partial charge in [-0.3, -0.25) is 0 Å². The second-order valence-corrected chi connectivity index (χ2v) is 3.28. The van der Waals surface area contributed by atoms with Gasteiger partial charge in [0.25, 0.3) is 0 Å². The first-order chi connectivity index (χ1) is 6.17. The molecule has 5 heteroatoms. The number of carbonyl (C=O) groups is 1. The summed E-state index contributed by atoms with van der Waals surface area (Å²) in [5.41, 5.74) is -0.166. The van der Waals surface area contributed by atoms with Gasteiger partial charge in [-0.2, -0.15) is 0 Å². The van der Waals surface area contributed by atoms with Crippen molar-refractivity contribution < 1.29 is 19.5 Å². The Labute approximate surface area is 74.0 Å². The van der Waals surface area contributed by atoms with Crippen LogP contribution < -0.4 is 0 Å². The molecule has 5 nitrogen and oxygen atoms in total. The molecule has 0 bridgehead atoms. The molecule has 1 heterocycles. The standard InChI is InChI=1S/C8H9NO4/c10-6(7(11)12)8(2-3-8)5-1-4-13-9-5/h1,4,6,10H,2-3H2,(H,11,12). The van der Waals surface area contributed by atoms with Crippen LogP contribution in [-0.4, -0.2) is 27.4 Å². The van der Waals surface area contributed by atoms with Crippen LogP contribution in [0.15, 0.2) is 16.9 Å². The molecule has 1 fully saturated rings. The number of carboxylic acids is 1. The molecule has 0 saturated heterocycles. The van der Waals surface area contributed by atoms with Crippen LogP contribution in [0.5, 0.6) is 0 Å². The van der Waals surface area contributed by atoms with Crippen molar-refractivity contribution in [3.8, 4) is 0 Å². The van der Waals surface area contributed by atoms with Gasteiger partial charge in [-0.05, 0) is 12.8 Å². The van der Waals surface area contributed by atoms with E-state index >= 15 is 0 Å². The predicted octanol–water partition coefficient (Wildman–Crippen LogP) is 0.152. The highest BCUT2D eigenvalue weighted by Crippen LogP contribution is 2.50. The lowest BCUT2D eigenvalue weighted by Gasteiger charge is -2.14. The molecule has 0 amide bonds. The van der Waals surface area contributed by atoms with E-state index in [1.54, 1.807) is 6.07 Å². The van der Waals surface area contributed by atoms with E-state index in [0.717, 1.165) is 0 Å². The van der Waals surface area contributed by atoms with Crippen molar-refractivity contribution in [1.82, 2.24) is 5.16 Å². The Morgan fingerprint density at radius 1 is 1.69 bits per heavy atom. The first kappa shape index (κ1) is 8.25. The summed E-state index contributed by atoms with van der Waals surface area (Å²) in [6.07, 6.45) is 1.29. The SMILES string of the molecule is O=C(O)C(O)C1(c2ccon2)CC1. The van der Waals surface area contributed by atoms with E-state index in [1.807, 2.05) is 0 Å². The van der Waals surface area contributed by atoms with Crippen LogP contribution in [0, 0.1) is 0 Å². The summed E-state index contributed by atoms with van der Waals surface area (Å²) in [4.78, 5) is 10.6. The largest absolute Gasteiger partial charge is 0.479 e. The Morgan fingerprint density at radius 3 is 2.77 bits per heavy atom. The molecule has 0 radical (unpaired) electrons. The van der Waals surface area contributed by atoms with E-state index < -0.39 is 17.5 Å². The highest BCUT2D eigenvalue weighted by Gasteiger charge is 2.55. The number of nitrogens with zero attached hydrogens (tertiary/aromatic N) is 1. The minimum absolute atomic E-state index is 0.530. The van der Waals surface area contributed by atoms with Crippen molar-refractivity contribution in [3.05, 3.63) is 18.0 Å². The molecule has 2 N–H and O–H groups in total. The summed E-state index contributed by atoms with van der Waals surface area (Å²) in [5.74, 6) is -1.21. The fourth-order valence-corrected chi connectivity index (χ4v) is 1.51. The van der Waals surface area contributed by atoms with Gasteiger partial charge in [0.15, 0.2) is 6.10 Å². The number of aliphatic carboxylic acids is 1. The van der Waals surface area contributed by atoms with Gasteiger partial charge >= 0.3 is 5.97 Å². The first-order valence-electron chi connectivity index (χ1n) is 3.98. The van der Waals surface area contributed by atoms with Crippen molar-refractivity contribution in [2.24, 2.45) is 0 Å². The molecule has 13 heavy (non-hydrogen) atoms. The zero-order valence-corrected chi connectivity index (χ0v) is 6.80.